The van der Waals surface area contributed by atoms with E-state index in [9.17, 15) is 18.9 Å². The van der Waals surface area contributed by atoms with Gasteiger partial charge in [0.25, 0.3) is 5.69 Å². The van der Waals surface area contributed by atoms with Crippen LogP contribution < -0.4 is 4.74 Å². The van der Waals surface area contributed by atoms with Gasteiger partial charge in [0.15, 0.2) is 0 Å². The Bertz CT molecular complexity index is 737. The molecule has 0 saturated carbocycles. The number of nitro benzene ring substituents is 1. The fraction of sp³-hybridized carbons (Fsp3) is 0.167. The molecule has 21 heavy (non-hydrogen) atoms. The van der Waals surface area contributed by atoms with Crippen LogP contribution >= 0.6 is 0 Å². The molecule has 0 radical (unpaired) electrons. The summed E-state index contributed by atoms with van der Waals surface area (Å²) in [6.45, 7) is -1.49. The average Bonchev–Trinajstić information content (AvgIpc) is 2.77. The standard InChI is InChI=1S/C12H8F2N4O3/c1-7-4-11(21-12(13)14)16-17(7)10-5-9(18(19)20)3-2-8(10)6-15/h2-5,12H,1H3. The highest BCUT2D eigenvalue weighted by Gasteiger charge is 2.17. The first-order valence-corrected chi connectivity index (χ1v) is 5.62. The van der Waals surface area contributed by atoms with Crippen LogP contribution in [0.3, 0.4) is 0 Å². The first-order valence-electron chi connectivity index (χ1n) is 5.62. The number of benzene rings is 1. The zero-order valence-corrected chi connectivity index (χ0v) is 10.7. The molecule has 1 heterocycles. The minimum atomic E-state index is -3.03. The van der Waals surface area contributed by atoms with Gasteiger partial charge in [0.05, 0.1) is 16.2 Å². The quantitative estimate of drug-likeness (QED) is 0.638. The Morgan fingerprint density at radius 3 is 2.76 bits per heavy atom. The highest BCUT2D eigenvalue weighted by atomic mass is 19.3. The van der Waals surface area contributed by atoms with E-state index >= 15 is 0 Å². The number of hydrogen-bond donors (Lipinski definition) is 0. The summed E-state index contributed by atoms with van der Waals surface area (Å²) in [5.74, 6) is -0.335. The van der Waals surface area contributed by atoms with Crippen LogP contribution in [-0.4, -0.2) is 21.3 Å². The number of non-ortho nitro benzene ring substituents is 1. The molecule has 1 aromatic carbocycles. The molecule has 0 aliphatic heterocycles. The van der Waals surface area contributed by atoms with Gasteiger partial charge in [-0.15, -0.1) is 5.10 Å². The van der Waals surface area contributed by atoms with Crippen LogP contribution in [0.25, 0.3) is 5.69 Å². The van der Waals surface area contributed by atoms with E-state index in [4.69, 9.17) is 5.26 Å². The highest BCUT2D eigenvalue weighted by Crippen LogP contribution is 2.24. The van der Waals surface area contributed by atoms with Crippen molar-refractivity contribution in [2.75, 3.05) is 0 Å². The van der Waals surface area contributed by atoms with Crippen molar-refractivity contribution in [1.82, 2.24) is 9.78 Å². The minimum Gasteiger partial charge on any atom is -0.415 e. The molecule has 108 valence electrons. The van der Waals surface area contributed by atoms with Crippen molar-refractivity contribution in [2.24, 2.45) is 0 Å². The number of nitriles is 1. The van der Waals surface area contributed by atoms with Gasteiger partial charge in [0, 0.05) is 23.9 Å². The second-order valence-electron chi connectivity index (χ2n) is 3.98. The monoisotopic (exact) mass is 294 g/mol. The van der Waals surface area contributed by atoms with E-state index < -0.39 is 11.5 Å². The molecule has 7 nitrogen and oxygen atoms in total. The molecule has 0 saturated heterocycles. The van der Waals surface area contributed by atoms with Crippen LogP contribution in [-0.2, 0) is 0 Å². The molecule has 0 aliphatic rings. The predicted octanol–water partition coefficient (Wildman–Crippen LogP) is 2.56. The van der Waals surface area contributed by atoms with Gasteiger partial charge in [0.1, 0.15) is 6.07 Å². The molecule has 0 unspecified atom stereocenters. The van der Waals surface area contributed by atoms with Gasteiger partial charge in [-0.3, -0.25) is 10.1 Å². The Morgan fingerprint density at radius 1 is 1.48 bits per heavy atom. The van der Waals surface area contributed by atoms with Gasteiger partial charge in [0.2, 0.25) is 5.88 Å². The fourth-order valence-electron chi connectivity index (χ4n) is 1.74. The summed E-state index contributed by atoms with van der Waals surface area (Å²) in [6, 6.07) is 6.69. The van der Waals surface area contributed by atoms with Crippen molar-refractivity contribution in [2.45, 2.75) is 13.5 Å². The molecule has 0 atom stereocenters. The third-order valence-electron chi connectivity index (χ3n) is 2.62. The number of nitrogens with zero attached hydrogens (tertiary/aromatic N) is 4. The second-order valence-corrected chi connectivity index (χ2v) is 3.98. The summed E-state index contributed by atoms with van der Waals surface area (Å²) in [4.78, 5) is 10.2. The van der Waals surface area contributed by atoms with Crippen molar-refractivity contribution in [3.8, 4) is 17.6 Å². The summed E-state index contributed by atoms with van der Waals surface area (Å²) < 4.78 is 29.6. The SMILES string of the molecule is Cc1cc(OC(F)F)nn1-c1cc([N+](=O)[O-])ccc1C#N. The largest absolute Gasteiger partial charge is 0.415 e. The van der Waals surface area contributed by atoms with Gasteiger partial charge in [-0.25, -0.2) is 4.68 Å². The Morgan fingerprint density at radius 2 is 2.19 bits per heavy atom. The smallest absolute Gasteiger partial charge is 0.388 e. The molecule has 9 heteroatoms. The Hall–Kier alpha value is -3.02. The number of alkyl halides is 2. The van der Waals surface area contributed by atoms with E-state index in [-0.39, 0.29) is 22.8 Å². The summed E-state index contributed by atoms with van der Waals surface area (Å²) in [7, 11) is 0. The van der Waals surface area contributed by atoms with Crippen molar-refractivity contribution in [3.63, 3.8) is 0 Å². The maximum Gasteiger partial charge on any atom is 0.388 e. The summed E-state index contributed by atoms with van der Waals surface area (Å²) in [5.41, 5.74) is 0.390. The normalized spacial score (nSPS) is 10.4. The number of hydrogen-bond acceptors (Lipinski definition) is 5. The van der Waals surface area contributed by atoms with Crippen molar-refractivity contribution in [3.05, 3.63) is 45.6 Å². The molecule has 0 aliphatic carbocycles. The van der Waals surface area contributed by atoms with Crippen LogP contribution in [0.15, 0.2) is 24.3 Å². The second kappa shape index (κ2) is 5.54. The Labute approximate surface area is 117 Å². The van der Waals surface area contributed by atoms with Crippen molar-refractivity contribution in [1.29, 1.82) is 5.26 Å². The lowest BCUT2D eigenvalue weighted by Gasteiger charge is -2.06. The molecular formula is C12H8F2N4O3. The van der Waals surface area contributed by atoms with Crippen LogP contribution in [0.1, 0.15) is 11.3 Å². The zero-order chi connectivity index (χ0) is 15.6. The highest BCUT2D eigenvalue weighted by molar-refractivity contribution is 5.55. The molecule has 1 aromatic heterocycles. The van der Waals surface area contributed by atoms with Gasteiger partial charge in [-0.1, -0.05) is 0 Å². The van der Waals surface area contributed by atoms with E-state index in [1.807, 2.05) is 6.07 Å². The molecule has 0 fully saturated rings. The van der Waals surface area contributed by atoms with Crippen molar-refractivity contribution >= 4 is 5.69 Å². The van der Waals surface area contributed by atoms with E-state index in [1.165, 1.54) is 18.2 Å². The third kappa shape index (κ3) is 2.94. The number of nitro groups is 1. The molecule has 0 amide bonds. The molecule has 0 bridgehead atoms. The Balaban J connectivity index is 2.55. The molecular weight excluding hydrogens is 286 g/mol. The maximum absolute atomic E-state index is 12.2. The lowest BCUT2D eigenvalue weighted by atomic mass is 10.1. The molecule has 0 N–H and O–H groups in total. The van der Waals surface area contributed by atoms with E-state index in [2.05, 4.69) is 9.84 Å². The summed E-state index contributed by atoms with van der Waals surface area (Å²) in [6.07, 6.45) is 0. The summed E-state index contributed by atoms with van der Waals surface area (Å²) in [5, 5.41) is 23.6. The van der Waals surface area contributed by atoms with Gasteiger partial charge >= 0.3 is 6.61 Å². The number of rotatable bonds is 4. The van der Waals surface area contributed by atoms with Gasteiger partial charge in [-0.2, -0.15) is 14.0 Å². The maximum atomic E-state index is 12.2. The molecule has 0 spiro atoms. The predicted molar refractivity (Wildman–Crippen MR) is 66.3 cm³/mol. The van der Waals surface area contributed by atoms with E-state index in [0.29, 0.717) is 5.69 Å². The van der Waals surface area contributed by atoms with E-state index in [1.54, 1.807) is 6.92 Å². The fourth-order valence-corrected chi connectivity index (χ4v) is 1.74. The molecule has 2 aromatic rings. The van der Waals surface area contributed by atoms with Gasteiger partial charge < -0.3 is 4.74 Å². The van der Waals surface area contributed by atoms with Gasteiger partial charge in [-0.05, 0) is 13.0 Å². The number of ether oxygens (including phenoxy) is 1. The van der Waals surface area contributed by atoms with Crippen LogP contribution in [0.5, 0.6) is 5.88 Å². The first kappa shape index (κ1) is 14.4. The van der Waals surface area contributed by atoms with Crippen molar-refractivity contribution < 1.29 is 18.4 Å². The van der Waals surface area contributed by atoms with E-state index in [0.717, 1.165) is 10.7 Å². The first-order chi connectivity index (χ1) is 9.92. The van der Waals surface area contributed by atoms with Crippen LogP contribution in [0.2, 0.25) is 0 Å². The third-order valence-corrected chi connectivity index (χ3v) is 2.62. The lowest BCUT2D eigenvalue weighted by molar-refractivity contribution is -0.384. The lowest BCUT2D eigenvalue weighted by Crippen LogP contribution is -2.05. The van der Waals surface area contributed by atoms with Crippen LogP contribution in [0.4, 0.5) is 14.5 Å². The zero-order valence-electron chi connectivity index (χ0n) is 10.7. The number of aryl methyl sites for hydroxylation is 1. The van der Waals surface area contributed by atoms with Crippen LogP contribution in [0, 0.1) is 28.4 Å². The minimum absolute atomic E-state index is 0.119. The number of aromatic nitrogens is 2. The topological polar surface area (TPSA) is 94.0 Å². The Kier molecular flexibility index (Phi) is 3.80. The number of halogens is 2. The molecule has 2 rings (SSSR count). The average molecular weight is 294 g/mol. The summed E-state index contributed by atoms with van der Waals surface area (Å²) >= 11 is 0.